The van der Waals surface area contributed by atoms with Gasteiger partial charge in [-0.1, -0.05) is 6.07 Å². The number of fused-ring (bicyclic) bond motifs is 1. The van der Waals surface area contributed by atoms with E-state index in [-0.39, 0.29) is 5.78 Å². The molecule has 0 unspecified atom stereocenters. The van der Waals surface area contributed by atoms with Crippen molar-refractivity contribution < 1.29 is 14.3 Å². The molecule has 1 aromatic carbocycles. The highest BCUT2D eigenvalue weighted by molar-refractivity contribution is 6.08. The molecule has 4 heteroatoms. The molecule has 0 saturated carbocycles. The van der Waals surface area contributed by atoms with E-state index in [9.17, 15) is 4.79 Å². The maximum atomic E-state index is 12.3. The van der Waals surface area contributed by atoms with Crippen LogP contribution < -0.4 is 9.47 Å². The predicted octanol–water partition coefficient (Wildman–Crippen LogP) is 2.39. The number of aryl methyl sites for hydroxylation is 1. The average molecular weight is 255 g/mol. The lowest BCUT2D eigenvalue weighted by molar-refractivity contribution is 0.103. The lowest BCUT2D eigenvalue weighted by Crippen LogP contribution is -2.16. The molecule has 1 aliphatic rings. The van der Waals surface area contributed by atoms with Gasteiger partial charge >= 0.3 is 0 Å². The summed E-state index contributed by atoms with van der Waals surface area (Å²) < 4.78 is 10.9. The zero-order valence-corrected chi connectivity index (χ0v) is 10.6. The molecule has 3 rings (SSSR count). The first-order valence-corrected chi connectivity index (χ1v) is 6.12. The number of carbonyl (C=O) groups excluding carboxylic acids is 1. The molecule has 0 N–H and O–H groups in total. The Morgan fingerprint density at radius 1 is 1.11 bits per heavy atom. The van der Waals surface area contributed by atoms with Crippen molar-refractivity contribution in [1.29, 1.82) is 0 Å². The Hall–Kier alpha value is -2.36. The van der Waals surface area contributed by atoms with Crippen LogP contribution in [0.1, 0.15) is 21.7 Å². The maximum Gasteiger partial charge on any atom is 0.211 e. The number of nitrogens with zero attached hydrogens (tertiary/aromatic N) is 1. The number of rotatable bonds is 2. The second-order valence-corrected chi connectivity index (χ2v) is 4.35. The summed E-state index contributed by atoms with van der Waals surface area (Å²) in [5.74, 6) is 1.19. The Bertz CT molecular complexity index is 637. The molecule has 0 amide bonds. The van der Waals surface area contributed by atoms with Crippen LogP contribution in [0.4, 0.5) is 0 Å². The van der Waals surface area contributed by atoms with Crippen LogP contribution in [0.3, 0.4) is 0 Å². The number of benzene rings is 1. The second kappa shape index (κ2) is 4.72. The summed E-state index contributed by atoms with van der Waals surface area (Å²) in [5.41, 5.74) is 1.82. The largest absolute Gasteiger partial charge is 0.486 e. The monoisotopic (exact) mass is 255 g/mol. The van der Waals surface area contributed by atoms with Gasteiger partial charge in [-0.3, -0.25) is 4.79 Å². The zero-order chi connectivity index (χ0) is 13.2. The predicted molar refractivity (Wildman–Crippen MR) is 69.8 cm³/mol. The van der Waals surface area contributed by atoms with Crippen LogP contribution in [0.15, 0.2) is 36.4 Å². The van der Waals surface area contributed by atoms with E-state index in [4.69, 9.17) is 9.47 Å². The number of hydrogen-bond donors (Lipinski definition) is 0. The van der Waals surface area contributed by atoms with Crippen molar-refractivity contribution >= 4 is 5.78 Å². The Balaban J connectivity index is 1.96. The molecule has 0 radical (unpaired) electrons. The van der Waals surface area contributed by atoms with E-state index in [1.54, 1.807) is 24.3 Å². The summed E-state index contributed by atoms with van der Waals surface area (Å²) in [5, 5.41) is 0. The van der Waals surface area contributed by atoms with E-state index in [0.29, 0.717) is 36.0 Å². The summed E-state index contributed by atoms with van der Waals surface area (Å²) in [7, 11) is 0. The molecule has 0 spiro atoms. The van der Waals surface area contributed by atoms with E-state index in [0.717, 1.165) is 5.69 Å². The molecule has 1 aromatic heterocycles. The van der Waals surface area contributed by atoms with Crippen molar-refractivity contribution in [3.05, 3.63) is 53.3 Å². The van der Waals surface area contributed by atoms with Crippen molar-refractivity contribution in [2.75, 3.05) is 13.2 Å². The van der Waals surface area contributed by atoms with Gasteiger partial charge in [-0.25, -0.2) is 4.98 Å². The van der Waals surface area contributed by atoms with Crippen LogP contribution in [-0.2, 0) is 0 Å². The molecule has 19 heavy (non-hydrogen) atoms. The number of ketones is 1. The Morgan fingerprint density at radius 2 is 1.89 bits per heavy atom. The third-order valence-electron chi connectivity index (χ3n) is 2.93. The first kappa shape index (κ1) is 11.7. The quantitative estimate of drug-likeness (QED) is 0.773. The molecular weight excluding hydrogens is 242 g/mol. The van der Waals surface area contributed by atoms with E-state index in [1.807, 2.05) is 19.1 Å². The SMILES string of the molecule is Cc1cccc(C(=O)c2ccc3c(c2)OCCO3)n1. The van der Waals surface area contributed by atoms with Crippen LogP contribution in [0, 0.1) is 6.92 Å². The van der Waals surface area contributed by atoms with Crippen molar-refractivity contribution in [2.24, 2.45) is 0 Å². The first-order valence-electron chi connectivity index (χ1n) is 6.12. The topological polar surface area (TPSA) is 48.4 Å². The highest BCUT2D eigenvalue weighted by Crippen LogP contribution is 2.31. The van der Waals surface area contributed by atoms with Gasteiger partial charge in [0, 0.05) is 11.3 Å². The molecule has 0 fully saturated rings. The lowest BCUT2D eigenvalue weighted by Gasteiger charge is -2.18. The maximum absolute atomic E-state index is 12.3. The Morgan fingerprint density at radius 3 is 2.68 bits per heavy atom. The van der Waals surface area contributed by atoms with Crippen molar-refractivity contribution in [3.63, 3.8) is 0 Å². The summed E-state index contributed by atoms with van der Waals surface area (Å²) in [6.07, 6.45) is 0. The standard InChI is InChI=1S/C15H13NO3/c1-10-3-2-4-12(16-10)15(17)11-5-6-13-14(9-11)19-8-7-18-13/h2-6,9H,7-8H2,1H3. The number of hydrogen-bond acceptors (Lipinski definition) is 4. The minimum Gasteiger partial charge on any atom is -0.486 e. The zero-order valence-electron chi connectivity index (χ0n) is 10.6. The first-order chi connectivity index (χ1) is 9.24. The normalized spacial score (nSPS) is 13.1. The molecule has 4 nitrogen and oxygen atoms in total. The number of carbonyl (C=O) groups is 1. The average Bonchev–Trinajstić information content (AvgIpc) is 2.46. The van der Waals surface area contributed by atoms with Gasteiger partial charge in [0.15, 0.2) is 11.5 Å². The van der Waals surface area contributed by atoms with E-state index < -0.39 is 0 Å². The van der Waals surface area contributed by atoms with E-state index in [1.165, 1.54) is 0 Å². The number of ether oxygens (including phenoxy) is 2. The molecule has 0 bridgehead atoms. The summed E-state index contributed by atoms with van der Waals surface area (Å²) in [6, 6.07) is 10.6. The van der Waals surface area contributed by atoms with Gasteiger partial charge in [0.2, 0.25) is 5.78 Å². The summed E-state index contributed by atoms with van der Waals surface area (Å²) in [6.45, 7) is 2.91. The summed E-state index contributed by atoms with van der Waals surface area (Å²) in [4.78, 5) is 16.6. The van der Waals surface area contributed by atoms with Crippen LogP contribution in [0.2, 0.25) is 0 Å². The molecule has 2 aromatic rings. The fourth-order valence-corrected chi connectivity index (χ4v) is 2.00. The van der Waals surface area contributed by atoms with Gasteiger partial charge in [-0.15, -0.1) is 0 Å². The highest BCUT2D eigenvalue weighted by atomic mass is 16.6. The third kappa shape index (κ3) is 2.29. The second-order valence-electron chi connectivity index (χ2n) is 4.35. The van der Waals surface area contributed by atoms with Gasteiger partial charge < -0.3 is 9.47 Å². The Labute approximate surface area is 111 Å². The summed E-state index contributed by atoms with van der Waals surface area (Å²) >= 11 is 0. The van der Waals surface area contributed by atoms with E-state index in [2.05, 4.69) is 4.98 Å². The molecule has 0 saturated heterocycles. The van der Waals surface area contributed by atoms with Crippen molar-refractivity contribution in [1.82, 2.24) is 4.98 Å². The van der Waals surface area contributed by atoms with Crippen molar-refractivity contribution in [3.8, 4) is 11.5 Å². The number of aromatic nitrogens is 1. The van der Waals surface area contributed by atoms with Gasteiger partial charge in [-0.2, -0.15) is 0 Å². The van der Waals surface area contributed by atoms with Crippen LogP contribution >= 0.6 is 0 Å². The molecule has 1 aliphatic heterocycles. The molecule has 0 aliphatic carbocycles. The van der Waals surface area contributed by atoms with Gasteiger partial charge in [-0.05, 0) is 37.3 Å². The third-order valence-corrected chi connectivity index (χ3v) is 2.93. The molecule has 2 heterocycles. The van der Waals surface area contributed by atoms with Gasteiger partial charge in [0.05, 0.1) is 0 Å². The molecular formula is C15H13NO3. The van der Waals surface area contributed by atoms with Crippen LogP contribution in [0.5, 0.6) is 11.5 Å². The van der Waals surface area contributed by atoms with Gasteiger partial charge in [0.25, 0.3) is 0 Å². The van der Waals surface area contributed by atoms with Crippen LogP contribution in [0.25, 0.3) is 0 Å². The molecule has 0 atom stereocenters. The minimum absolute atomic E-state index is 0.110. The fourth-order valence-electron chi connectivity index (χ4n) is 2.00. The van der Waals surface area contributed by atoms with Crippen LogP contribution in [-0.4, -0.2) is 24.0 Å². The highest BCUT2D eigenvalue weighted by Gasteiger charge is 2.16. The minimum atomic E-state index is -0.110. The fraction of sp³-hybridized carbons (Fsp3) is 0.200. The number of pyridine rings is 1. The van der Waals surface area contributed by atoms with Crippen molar-refractivity contribution in [2.45, 2.75) is 6.92 Å². The molecule has 96 valence electrons. The smallest absolute Gasteiger partial charge is 0.211 e. The lowest BCUT2D eigenvalue weighted by atomic mass is 10.1. The van der Waals surface area contributed by atoms with E-state index >= 15 is 0 Å². The van der Waals surface area contributed by atoms with Gasteiger partial charge in [0.1, 0.15) is 18.9 Å². The Kier molecular flexibility index (Phi) is 2.91.